The summed E-state index contributed by atoms with van der Waals surface area (Å²) in [6.45, 7) is 9.24. The second kappa shape index (κ2) is 13.2. The topological polar surface area (TPSA) is 63.2 Å². The Labute approximate surface area is 259 Å². The number of nitrogens with one attached hydrogen (secondary N) is 1. The Balaban J connectivity index is 1.21. The Hall–Kier alpha value is -3.26. The van der Waals surface area contributed by atoms with E-state index in [1.54, 1.807) is 24.5 Å². The van der Waals surface area contributed by atoms with Crippen molar-refractivity contribution in [1.29, 1.82) is 0 Å². The molecule has 2 aliphatic rings. The number of hydrogen-bond acceptors (Lipinski definition) is 7. The lowest BCUT2D eigenvalue weighted by molar-refractivity contribution is 0.0879. The van der Waals surface area contributed by atoms with E-state index in [1.807, 2.05) is 18.2 Å². The van der Waals surface area contributed by atoms with E-state index >= 15 is 0 Å². The fourth-order valence-corrected chi connectivity index (χ4v) is 7.65. The molecule has 228 valence electrons. The number of aromatic hydroxyl groups is 1. The van der Waals surface area contributed by atoms with E-state index in [1.165, 1.54) is 36.1 Å². The predicted molar refractivity (Wildman–Crippen MR) is 176 cm³/mol. The first-order valence-electron chi connectivity index (χ1n) is 15.7. The van der Waals surface area contributed by atoms with E-state index in [0.717, 1.165) is 77.5 Å². The highest BCUT2D eigenvalue weighted by atomic mass is 32.1. The minimum Gasteiger partial charge on any atom is -0.508 e. The van der Waals surface area contributed by atoms with Crippen LogP contribution in [0, 0.1) is 0 Å². The quantitative estimate of drug-likeness (QED) is 0.174. The average molecular weight is 601 g/mol. The molecule has 4 aromatic rings. The first-order valence-corrected chi connectivity index (χ1v) is 16.5. The molecule has 2 fully saturated rings. The van der Waals surface area contributed by atoms with Gasteiger partial charge in [0.2, 0.25) is 0 Å². The number of thiophene rings is 1. The Morgan fingerprint density at radius 1 is 0.953 bits per heavy atom. The van der Waals surface area contributed by atoms with Crippen molar-refractivity contribution < 1.29 is 19.3 Å². The molecule has 1 aromatic heterocycles. The summed E-state index contributed by atoms with van der Waals surface area (Å²) in [6.07, 6.45) is 6.80. The second-order valence-corrected chi connectivity index (χ2v) is 13.6. The standard InChI is InChI=1S/C36H44N2O4S/c1-36(2,38-18-4-5-19-38)24-42-32-15-8-25(22-33(32)40-3)21-31-30-14-11-28(39)23-34(30)43-35(31)26-9-12-29(13-10-26)41-20-16-27-7-6-17-37-27/h8-15,22-23,27,37,39H,4-7,16-21,24H2,1-3H3. The largest absolute Gasteiger partial charge is 0.508 e. The lowest BCUT2D eigenvalue weighted by Crippen LogP contribution is -2.46. The highest BCUT2D eigenvalue weighted by Crippen LogP contribution is 2.42. The van der Waals surface area contributed by atoms with Gasteiger partial charge >= 0.3 is 0 Å². The first kappa shape index (κ1) is 29.8. The molecule has 0 amide bonds. The summed E-state index contributed by atoms with van der Waals surface area (Å²) in [6, 6.07) is 21.0. The third-order valence-electron chi connectivity index (χ3n) is 8.94. The SMILES string of the molecule is COc1cc(Cc2c(-c3ccc(OCCC4CCCN4)cc3)sc3cc(O)ccc23)ccc1OCC(C)(C)N1CCCC1. The number of benzene rings is 3. The van der Waals surface area contributed by atoms with Gasteiger partial charge in [0.15, 0.2) is 11.5 Å². The second-order valence-electron chi connectivity index (χ2n) is 12.5. The molecule has 0 bridgehead atoms. The van der Waals surface area contributed by atoms with Crippen molar-refractivity contribution in [1.82, 2.24) is 10.2 Å². The van der Waals surface area contributed by atoms with Gasteiger partial charge in [-0.2, -0.15) is 0 Å². The van der Waals surface area contributed by atoms with Crippen molar-refractivity contribution in [3.05, 3.63) is 71.8 Å². The van der Waals surface area contributed by atoms with E-state index in [4.69, 9.17) is 14.2 Å². The molecule has 2 N–H and O–H groups in total. The van der Waals surface area contributed by atoms with Crippen molar-refractivity contribution in [2.75, 3.05) is 40.0 Å². The van der Waals surface area contributed by atoms with E-state index in [9.17, 15) is 5.11 Å². The Bertz CT molecular complexity index is 1520. The number of fused-ring (bicyclic) bond motifs is 1. The van der Waals surface area contributed by atoms with Gasteiger partial charge in [-0.25, -0.2) is 0 Å². The van der Waals surface area contributed by atoms with Crippen LogP contribution in [0.2, 0.25) is 0 Å². The maximum absolute atomic E-state index is 10.2. The number of phenols is 1. The molecule has 2 aliphatic heterocycles. The molecule has 0 saturated carbocycles. The van der Waals surface area contributed by atoms with Crippen LogP contribution in [-0.4, -0.2) is 61.5 Å². The van der Waals surface area contributed by atoms with Gasteiger partial charge in [-0.1, -0.05) is 6.07 Å². The molecule has 1 unspecified atom stereocenters. The fraction of sp³-hybridized carbons (Fsp3) is 0.444. The summed E-state index contributed by atoms with van der Waals surface area (Å²) >= 11 is 1.72. The summed E-state index contributed by atoms with van der Waals surface area (Å²) in [4.78, 5) is 3.72. The summed E-state index contributed by atoms with van der Waals surface area (Å²) < 4.78 is 19.3. The molecule has 6 nitrogen and oxygen atoms in total. The Morgan fingerprint density at radius 3 is 2.51 bits per heavy atom. The van der Waals surface area contributed by atoms with E-state index in [2.05, 4.69) is 60.5 Å². The van der Waals surface area contributed by atoms with Crippen LogP contribution >= 0.6 is 11.3 Å². The van der Waals surface area contributed by atoms with Gasteiger partial charge in [0.1, 0.15) is 18.1 Å². The van der Waals surface area contributed by atoms with Gasteiger partial charge < -0.3 is 24.6 Å². The number of likely N-dealkylation sites (tertiary alicyclic amines) is 1. The molecule has 3 aromatic carbocycles. The molecule has 1 atom stereocenters. The van der Waals surface area contributed by atoms with Crippen molar-refractivity contribution in [3.8, 4) is 33.4 Å². The van der Waals surface area contributed by atoms with Crippen LogP contribution in [0.5, 0.6) is 23.0 Å². The van der Waals surface area contributed by atoms with Gasteiger partial charge in [0.05, 0.1) is 13.7 Å². The van der Waals surface area contributed by atoms with Crippen molar-refractivity contribution in [2.45, 2.75) is 64.0 Å². The summed E-state index contributed by atoms with van der Waals surface area (Å²) in [5.74, 6) is 2.71. The molecule has 7 heteroatoms. The normalized spacial score (nSPS) is 17.5. The van der Waals surface area contributed by atoms with Crippen LogP contribution < -0.4 is 19.5 Å². The van der Waals surface area contributed by atoms with Crippen LogP contribution in [0.4, 0.5) is 0 Å². The molecular weight excluding hydrogens is 556 g/mol. The highest BCUT2D eigenvalue weighted by Gasteiger charge is 2.30. The van der Waals surface area contributed by atoms with Crippen LogP contribution in [0.25, 0.3) is 20.5 Å². The summed E-state index contributed by atoms with van der Waals surface area (Å²) in [7, 11) is 1.71. The highest BCUT2D eigenvalue weighted by molar-refractivity contribution is 7.22. The lowest BCUT2D eigenvalue weighted by atomic mass is 9.98. The van der Waals surface area contributed by atoms with Gasteiger partial charge in [-0.15, -0.1) is 11.3 Å². The monoisotopic (exact) mass is 600 g/mol. The van der Waals surface area contributed by atoms with E-state index in [-0.39, 0.29) is 11.3 Å². The number of phenolic OH excluding ortho intramolecular Hbond substituents is 1. The molecular formula is C36H44N2O4S. The molecule has 3 heterocycles. The smallest absolute Gasteiger partial charge is 0.161 e. The van der Waals surface area contributed by atoms with Crippen LogP contribution in [0.15, 0.2) is 60.7 Å². The number of rotatable bonds is 12. The first-order chi connectivity index (χ1) is 20.9. The third kappa shape index (κ3) is 6.95. The van der Waals surface area contributed by atoms with Gasteiger partial charge in [-0.3, -0.25) is 4.90 Å². The fourth-order valence-electron chi connectivity index (χ4n) is 6.39. The molecule has 43 heavy (non-hydrogen) atoms. The number of methoxy groups -OCH3 is 1. The van der Waals surface area contributed by atoms with Gasteiger partial charge in [-0.05, 0) is 149 Å². The maximum atomic E-state index is 10.2. The summed E-state index contributed by atoms with van der Waals surface area (Å²) in [5.41, 5.74) is 3.52. The molecule has 6 rings (SSSR count). The van der Waals surface area contributed by atoms with Crippen LogP contribution in [-0.2, 0) is 6.42 Å². The van der Waals surface area contributed by atoms with Crippen molar-refractivity contribution in [3.63, 3.8) is 0 Å². The molecule has 0 aliphatic carbocycles. The van der Waals surface area contributed by atoms with Crippen molar-refractivity contribution >= 4 is 21.4 Å². The van der Waals surface area contributed by atoms with Crippen LogP contribution in [0.3, 0.4) is 0 Å². The number of ether oxygens (including phenoxy) is 3. The van der Waals surface area contributed by atoms with E-state index in [0.29, 0.717) is 12.6 Å². The minimum absolute atomic E-state index is 0.0238. The van der Waals surface area contributed by atoms with Crippen LogP contribution in [0.1, 0.15) is 57.1 Å². The van der Waals surface area contributed by atoms with Crippen molar-refractivity contribution in [2.24, 2.45) is 0 Å². The Kier molecular flexibility index (Phi) is 9.12. The minimum atomic E-state index is -0.0238. The van der Waals surface area contributed by atoms with Gasteiger partial charge in [0.25, 0.3) is 0 Å². The Morgan fingerprint density at radius 2 is 1.77 bits per heavy atom. The maximum Gasteiger partial charge on any atom is 0.161 e. The molecule has 0 spiro atoms. The number of hydrogen-bond donors (Lipinski definition) is 2. The average Bonchev–Trinajstić information content (AvgIpc) is 3.79. The predicted octanol–water partition coefficient (Wildman–Crippen LogP) is 7.65. The zero-order chi connectivity index (χ0) is 29.8. The lowest BCUT2D eigenvalue weighted by Gasteiger charge is -2.35. The van der Waals surface area contributed by atoms with Gasteiger partial charge in [0, 0.05) is 21.2 Å². The molecule has 0 radical (unpaired) electrons. The zero-order valence-electron chi connectivity index (χ0n) is 25.7. The molecule has 2 saturated heterocycles. The zero-order valence-corrected chi connectivity index (χ0v) is 26.5. The third-order valence-corrected chi connectivity index (χ3v) is 10.2. The number of nitrogens with zero attached hydrogens (tertiary/aromatic N) is 1. The van der Waals surface area contributed by atoms with E-state index < -0.39 is 0 Å². The summed E-state index contributed by atoms with van der Waals surface area (Å²) in [5, 5.41) is 14.9.